The molecule has 0 spiro atoms. The molecule has 0 bridgehead atoms. The number of hydrogen-bond donors (Lipinski definition) is 1. The standard InChI is InChI=1S/C30H46O3/c1-18(2)16-19-17-20(26(32)33-19)21-10-14-30(7)23-8-9-24-27(3,4)25(31)12-13-28(24,5)22(23)11-15-29(21,30)6/h8,16,19-22,24-25,31H,9-15,17H2,1-7H3. The monoisotopic (exact) mass is 454 g/mol. The number of esters is 1. The van der Waals surface area contributed by atoms with E-state index in [-0.39, 0.29) is 45.8 Å². The van der Waals surface area contributed by atoms with Gasteiger partial charge < -0.3 is 9.84 Å². The van der Waals surface area contributed by atoms with Crippen LogP contribution < -0.4 is 0 Å². The first kappa shape index (κ1) is 23.6. The zero-order valence-electron chi connectivity index (χ0n) is 22.0. The smallest absolute Gasteiger partial charge is 0.309 e. The molecule has 9 unspecified atom stereocenters. The molecule has 1 heterocycles. The summed E-state index contributed by atoms with van der Waals surface area (Å²) >= 11 is 0. The molecule has 0 aromatic rings. The molecule has 1 saturated heterocycles. The third-order valence-corrected chi connectivity index (χ3v) is 11.9. The first-order chi connectivity index (χ1) is 15.3. The van der Waals surface area contributed by atoms with Crippen LogP contribution in [0.4, 0.5) is 0 Å². The van der Waals surface area contributed by atoms with Crippen molar-refractivity contribution in [2.45, 2.75) is 112 Å². The van der Waals surface area contributed by atoms with E-state index in [1.54, 1.807) is 5.57 Å². The van der Waals surface area contributed by atoms with Crippen molar-refractivity contribution in [2.24, 2.45) is 45.3 Å². The fourth-order valence-corrected chi connectivity index (χ4v) is 9.82. The van der Waals surface area contributed by atoms with E-state index in [0.29, 0.717) is 17.8 Å². The van der Waals surface area contributed by atoms with Gasteiger partial charge in [-0.2, -0.15) is 0 Å². The second kappa shape index (κ2) is 7.45. The van der Waals surface area contributed by atoms with Crippen LogP contribution >= 0.6 is 0 Å². The summed E-state index contributed by atoms with van der Waals surface area (Å²) in [5.41, 5.74) is 3.51. The Kier molecular flexibility index (Phi) is 5.34. The summed E-state index contributed by atoms with van der Waals surface area (Å²) in [6.07, 6.45) is 13.3. The van der Waals surface area contributed by atoms with Crippen LogP contribution in [-0.4, -0.2) is 23.3 Å². The van der Waals surface area contributed by atoms with Gasteiger partial charge in [-0.05, 0) is 104 Å². The van der Waals surface area contributed by atoms with Gasteiger partial charge in [0.2, 0.25) is 0 Å². The number of hydrogen-bond acceptors (Lipinski definition) is 3. The van der Waals surface area contributed by atoms with Gasteiger partial charge in [-0.15, -0.1) is 0 Å². The Balaban J connectivity index is 1.47. The predicted octanol–water partition coefficient (Wildman–Crippen LogP) is 6.85. The summed E-state index contributed by atoms with van der Waals surface area (Å²) in [5, 5.41) is 10.8. The van der Waals surface area contributed by atoms with Crippen molar-refractivity contribution < 1.29 is 14.6 Å². The highest BCUT2D eigenvalue weighted by Crippen LogP contribution is 2.73. The predicted molar refractivity (Wildman–Crippen MR) is 132 cm³/mol. The van der Waals surface area contributed by atoms with Crippen molar-refractivity contribution in [3.05, 3.63) is 23.3 Å². The summed E-state index contributed by atoms with van der Waals surface area (Å²) in [6, 6.07) is 0. The molecule has 3 heteroatoms. The van der Waals surface area contributed by atoms with Gasteiger partial charge in [0, 0.05) is 6.42 Å². The lowest BCUT2D eigenvalue weighted by molar-refractivity contribution is -0.147. The summed E-state index contributed by atoms with van der Waals surface area (Å²) in [4.78, 5) is 13.0. The number of ether oxygens (including phenoxy) is 1. The fourth-order valence-electron chi connectivity index (χ4n) is 9.82. The van der Waals surface area contributed by atoms with E-state index in [2.05, 4.69) is 60.6 Å². The molecule has 4 aliphatic carbocycles. The first-order valence-corrected chi connectivity index (χ1v) is 13.6. The quantitative estimate of drug-likeness (QED) is 0.366. The third kappa shape index (κ3) is 3.13. The summed E-state index contributed by atoms with van der Waals surface area (Å²) in [6.45, 7) is 16.4. The first-order valence-electron chi connectivity index (χ1n) is 13.6. The van der Waals surface area contributed by atoms with Crippen molar-refractivity contribution in [1.29, 1.82) is 0 Å². The van der Waals surface area contributed by atoms with Gasteiger partial charge in [-0.25, -0.2) is 0 Å². The minimum atomic E-state index is -0.187. The number of aliphatic hydroxyl groups excluding tert-OH is 1. The second-order valence-electron chi connectivity index (χ2n) is 13.9. The van der Waals surface area contributed by atoms with E-state index in [4.69, 9.17) is 4.74 Å². The zero-order chi connectivity index (χ0) is 24.0. The number of carbonyl (C=O) groups excluding carboxylic acids is 1. The van der Waals surface area contributed by atoms with Crippen molar-refractivity contribution in [3.8, 4) is 0 Å². The van der Waals surface area contributed by atoms with Crippen LogP contribution in [0.25, 0.3) is 0 Å². The van der Waals surface area contributed by atoms with Gasteiger partial charge in [0.1, 0.15) is 6.10 Å². The molecule has 3 nitrogen and oxygen atoms in total. The average molecular weight is 455 g/mol. The summed E-state index contributed by atoms with van der Waals surface area (Å²) in [5.74, 6) is 1.67. The van der Waals surface area contributed by atoms with Crippen molar-refractivity contribution in [3.63, 3.8) is 0 Å². The Morgan fingerprint density at radius 3 is 2.48 bits per heavy atom. The molecule has 9 atom stereocenters. The number of aliphatic hydroxyl groups is 1. The van der Waals surface area contributed by atoms with Gasteiger partial charge >= 0.3 is 5.97 Å². The van der Waals surface area contributed by atoms with Gasteiger partial charge in [0.25, 0.3) is 0 Å². The minimum absolute atomic E-state index is 0.0254. The van der Waals surface area contributed by atoms with Crippen molar-refractivity contribution >= 4 is 5.97 Å². The van der Waals surface area contributed by atoms with Crippen LogP contribution in [0.3, 0.4) is 0 Å². The largest absolute Gasteiger partial charge is 0.458 e. The highest BCUT2D eigenvalue weighted by Gasteiger charge is 2.66. The topological polar surface area (TPSA) is 46.5 Å². The Hall–Kier alpha value is -1.09. The van der Waals surface area contributed by atoms with Crippen LogP contribution in [0.1, 0.15) is 99.8 Å². The maximum Gasteiger partial charge on any atom is 0.309 e. The van der Waals surface area contributed by atoms with Gasteiger partial charge in [0.15, 0.2) is 0 Å². The molecule has 1 aliphatic heterocycles. The van der Waals surface area contributed by atoms with Crippen LogP contribution in [0.15, 0.2) is 23.3 Å². The zero-order valence-corrected chi connectivity index (χ0v) is 22.0. The third-order valence-electron chi connectivity index (χ3n) is 11.9. The minimum Gasteiger partial charge on any atom is -0.458 e. The fraction of sp³-hybridized carbons (Fsp3) is 0.833. The maximum atomic E-state index is 13.0. The lowest BCUT2D eigenvalue weighted by Gasteiger charge is -2.64. The average Bonchev–Trinajstić information content (AvgIpc) is 3.20. The maximum absolute atomic E-state index is 13.0. The molecule has 5 aliphatic rings. The number of cyclic esters (lactones) is 1. The van der Waals surface area contributed by atoms with E-state index in [1.807, 2.05) is 0 Å². The molecule has 3 saturated carbocycles. The summed E-state index contributed by atoms with van der Waals surface area (Å²) in [7, 11) is 0. The lowest BCUT2D eigenvalue weighted by Crippen LogP contribution is -2.58. The van der Waals surface area contributed by atoms with E-state index >= 15 is 0 Å². The van der Waals surface area contributed by atoms with E-state index in [0.717, 1.165) is 32.1 Å². The van der Waals surface area contributed by atoms with E-state index in [1.165, 1.54) is 24.8 Å². The molecule has 1 N–H and O–H groups in total. The van der Waals surface area contributed by atoms with Crippen LogP contribution in [0.2, 0.25) is 0 Å². The number of rotatable bonds is 2. The molecular weight excluding hydrogens is 408 g/mol. The highest BCUT2D eigenvalue weighted by atomic mass is 16.5. The molecule has 0 radical (unpaired) electrons. The van der Waals surface area contributed by atoms with Gasteiger partial charge in [0.05, 0.1) is 12.0 Å². The molecule has 33 heavy (non-hydrogen) atoms. The van der Waals surface area contributed by atoms with Crippen molar-refractivity contribution in [1.82, 2.24) is 0 Å². The Bertz CT molecular complexity index is 894. The number of fused-ring (bicyclic) bond motifs is 5. The Morgan fingerprint density at radius 2 is 1.79 bits per heavy atom. The SMILES string of the molecule is CC(C)=CC1CC(C2CCC3(C)C4=CCC5C(C)(C)C(O)CCC5(C)C4CCC23C)C(=O)O1. The van der Waals surface area contributed by atoms with Crippen molar-refractivity contribution in [2.75, 3.05) is 0 Å². The molecule has 184 valence electrons. The van der Waals surface area contributed by atoms with E-state index in [9.17, 15) is 9.90 Å². The number of carbonyl (C=O) groups is 1. The van der Waals surface area contributed by atoms with Crippen LogP contribution in [-0.2, 0) is 9.53 Å². The molecule has 0 aromatic heterocycles. The van der Waals surface area contributed by atoms with Crippen LogP contribution in [0.5, 0.6) is 0 Å². The highest BCUT2D eigenvalue weighted by molar-refractivity contribution is 5.75. The molecule has 0 aromatic carbocycles. The Morgan fingerprint density at radius 1 is 1.06 bits per heavy atom. The Labute approximate surface area is 201 Å². The van der Waals surface area contributed by atoms with E-state index < -0.39 is 0 Å². The normalized spacial score (nSPS) is 50.5. The molecule has 0 amide bonds. The second-order valence-corrected chi connectivity index (χ2v) is 13.9. The molecular formula is C30H46O3. The molecule has 4 fully saturated rings. The number of allylic oxidation sites excluding steroid dienone is 3. The molecule has 5 rings (SSSR count). The summed E-state index contributed by atoms with van der Waals surface area (Å²) < 4.78 is 5.83. The van der Waals surface area contributed by atoms with Crippen LogP contribution in [0, 0.1) is 45.3 Å². The van der Waals surface area contributed by atoms with Gasteiger partial charge in [-0.1, -0.05) is 51.8 Å². The van der Waals surface area contributed by atoms with Gasteiger partial charge in [-0.3, -0.25) is 4.79 Å². The lowest BCUT2D eigenvalue weighted by atomic mass is 9.41.